The minimum Gasteiger partial charge on any atom is -0.497 e. The van der Waals surface area contributed by atoms with E-state index in [9.17, 15) is 0 Å². The molecule has 2 unspecified atom stereocenters. The normalized spacial score (nSPS) is 26.7. The van der Waals surface area contributed by atoms with Crippen molar-refractivity contribution in [1.82, 2.24) is 0 Å². The zero-order valence-electron chi connectivity index (χ0n) is 10.8. The fourth-order valence-electron chi connectivity index (χ4n) is 3.53. The van der Waals surface area contributed by atoms with Gasteiger partial charge < -0.3 is 10.1 Å². The molecule has 0 amide bonds. The van der Waals surface area contributed by atoms with Crippen LogP contribution in [0.3, 0.4) is 0 Å². The summed E-state index contributed by atoms with van der Waals surface area (Å²) in [5.74, 6) is 2.60. The van der Waals surface area contributed by atoms with Crippen LogP contribution in [0.1, 0.15) is 42.7 Å². The van der Waals surface area contributed by atoms with Gasteiger partial charge in [-0.25, -0.2) is 0 Å². The van der Waals surface area contributed by atoms with Crippen molar-refractivity contribution in [3.8, 4) is 5.75 Å². The molecule has 1 aliphatic carbocycles. The highest BCUT2D eigenvalue weighted by Crippen LogP contribution is 2.46. The van der Waals surface area contributed by atoms with Gasteiger partial charge >= 0.3 is 0 Å². The number of hydrogen-bond donors (Lipinski definition) is 1. The number of anilines is 1. The van der Waals surface area contributed by atoms with Crippen LogP contribution < -0.4 is 10.1 Å². The lowest BCUT2D eigenvalue weighted by molar-refractivity contribution is 0.312. The number of nitrogens with one attached hydrogen (secondary N) is 1. The molecule has 1 heterocycles. The molecule has 92 valence electrons. The van der Waals surface area contributed by atoms with Crippen LogP contribution in [0.2, 0.25) is 0 Å². The molecule has 1 aromatic rings. The number of aryl methyl sites for hydroxylation is 1. The third-order valence-corrected chi connectivity index (χ3v) is 4.42. The van der Waals surface area contributed by atoms with E-state index in [1.807, 2.05) is 0 Å². The van der Waals surface area contributed by atoms with E-state index in [0.717, 1.165) is 24.1 Å². The molecule has 0 bridgehead atoms. The van der Waals surface area contributed by atoms with E-state index in [-0.39, 0.29) is 0 Å². The fraction of sp³-hybridized carbons (Fsp3) is 0.600. The number of hydrogen-bond acceptors (Lipinski definition) is 2. The molecule has 2 aliphatic rings. The largest absolute Gasteiger partial charge is 0.497 e. The summed E-state index contributed by atoms with van der Waals surface area (Å²) in [6.07, 6.45) is 5.53. The van der Waals surface area contributed by atoms with Crippen LogP contribution in [0.25, 0.3) is 0 Å². The number of methoxy groups -OCH3 is 1. The van der Waals surface area contributed by atoms with Crippen molar-refractivity contribution in [2.75, 3.05) is 19.0 Å². The summed E-state index contributed by atoms with van der Waals surface area (Å²) in [7, 11) is 1.76. The molecule has 3 rings (SSSR count). The number of fused-ring (bicyclic) bond motifs is 3. The standard InChI is InChI=1S/C15H21NO/c1-10-7-12(17-2)8-14-13-6-4-3-5-11(13)9-16-15(10)14/h7-8,11,13,16H,3-6,9H2,1-2H3. The molecule has 1 aromatic carbocycles. The van der Waals surface area contributed by atoms with Crippen LogP contribution in [-0.4, -0.2) is 13.7 Å². The predicted octanol–water partition coefficient (Wildman–Crippen LogP) is 3.70. The summed E-state index contributed by atoms with van der Waals surface area (Å²) < 4.78 is 5.41. The van der Waals surface area contributed by atoms with Crippen LogP contribution in [0.4, 0.5) is 5.69 Å². The van der Waals surface area contributed by atoms with Crippen molar-refractivity contribution in [2.45, 2.75) is 38.5 Å². The van der Waals surface area contributed by atoms with Crippen LogP contribution in [0.5, 0.6) is 5.75 Å². The maximum atomic E-state index is 5.41. The van der Waals surface area contributed by atoms with Crippen molar-refractivity contribution in [2.24, 2.45) is 5.92 Å². The van der Waals surface area contributed by atoms with Crippen LogP contribution in [-0.2, 0) is 0 Å². The zero-order chi connectivity index (χ0) is 11.8. The average Bonchev–Trinajstić information content (AvgIpc) is 2.38. The van der Waals surface area contributed by atoms with Gasteiger partial charge in [0.25, 0.3) is 0 Å². The van der Waals surface area contributed by atoms with Gasteiger partial charge in [0.2, 0.25) is 0 Å². The third-order valence-electron chi connectivity index (χ3n) is 4.42. The van der Waals surface area contributed by atoms with Crippen molar-refractivity contribution in [3.05, 3.63) is 23.3 Å². The molecular weight excluding hydrogens is 210 g/mol. The summed E-state index contributed by atoms with van der Waals surface area (Å²) in [6, 6.07) is 4.38. The number of rotatable bonds is 1. The van der Waals surface area contributed by atoms with Gasteiger partial charge in [-0.3, -0.25) is 0 Å². The minimum atomic E-state index is 0.758. The third kappa shape index (κ3) is 1.80. The molecule has 2 atom stereocenters. The molecule has 0 radical (unpaired) electrons. The second-order valence-electron chi connectivity index (χ2n) is 5.44. The Kier molecular flexibility index (Phi) is 2.73. The molecule has 1 fully saturated rings. The lowest BCUT2D eigenvalue weighted by Gasteiger charge is -2.38. The van der Waals surface area contributed by atoms with Crippen LogP contribution >= 0.6 is 0 Å². The highest BCUT2D eigenvalue weighted by atomic mass is 16.5. The molecule has 17 heavy (non-hydrogen) atoms. The monoisotopic (exact) mass is 231 g/mol. The Hall–Kier alpha value is -1.18. The van der Waals surface area contributed by atoms with Gasteiger partial charge in [-0.2, -0.15) is 0 Å². The van der Waals surface area contributed by atoms with E-state index >= 15 is 0 Å². The smallest absolute Gasteiger partial charge is 0.119 e. The molecule has 0 saturated heterocycles. The van der Waals surface area contributed by atoms with E-state index in [1.165, 1.54) is 42.5 Å². The Labute approximate surface area is 103 Å². The molecule has 2 heteroatoms. The maximum Gasteiger partial charge on any atom is 0.119 e. The summed E-state index contributed by atoms with van der Waals surface area (Å²) in [5, 5.41) is 3.63. The fourth-order valence-corrected chi connectivity index (χ4v) is 3.53. The average molecular weight is 231 g/mol. The molecular formula is C15H21NO. The zero-order valence-corrected chi connectivity index (χ0v) is 10.8. The van der Waals surface area contributed by atoms with Gasteiger partial charge in [0.05, 0.1) is 7.11 Å². The Morgan fingerprint density at radius 2 is 2.06 bits per heavy atom. The van der Waals surface area contributed by atoms with Gasteiger partial charge in [-0.05, 0) is 54.9 Å². The highest BCUT2D eigenvalue weighted by Gasteiger charge is 2.32. The molecule has 1 aliphatic heterocycles. The molecule has 1 N–H and O–H groups in total. The first-order chi connectivity index (χ1) is 8.29. The van der Waals surface area contributed by atoms with Crippen molar-refractivity contribution in [3.63, 3.8) is 0 Å². The lowest BCUT2D eigenvalue weighted by Crippen LogP contribution is -2.30. The minimum absolute atomic E-state index is 0.758. The Morgan fingerprint density at radius 1 is 1.24 bits per heavy atom. The van der Waals surface area contributed by atoms with E-state index < -0.39 is 0 Å². The summed E-state index contributed by atoms with van der Waals surface area (Å²) in [5.41, 5.74) is 4.19. The van der Waals surface area contributed by atoms with E-state index in [0.29, 0.717) is 0 Å². The summed E-state index contributed by atoms with van der Waals surface area (Å²) in [4.78, 5) is 0. The van der Waals surface area contributed by atoms with E-state index in [1.54, 1.807) is 7.11 Å². The molecule has 0 spiro atoms. The highest BCUT2D eigenvalue weighted by molar-refractivity contribution is 5.63. The topological polar surface area (TPSA) is 21.3 Å². The van der Waals surface area contributed by atoms with Crippen molar-refractivity contribution < 1.29 is 4.74 Å². The van der Waals surface area contributed by atoms with Gasteiger partial charge in [-0.15, -0.1) is 0 Å². The van der Waals surface area contributed by atoms with Gasteiger partial charge in [0.15, 0.2) is 0 Å². The summed E-state index contributed by atoms with van der Waals surface area (Å²) in [6.45, 7) is 3.34. The van der Waals surface area contributed by atoms with Gasteiger partial charge in [0.1, 0.15) is 5.75 Å². The Morgan fingerprint density at radius 3 is 2.88 bits per heavy atom. The van der Waals surface area contributed by atoms with Gasteiger partial charge in [0, 0.05) is 12.2 Å². The Balaban J connectivity index is 2.05. The van der Waals surface area contributed by atoms with E-state index in [4.69, 9.17) is 4.74 Å². The van der Waals surface area contributed by atoms with Gasteiger partial charge in [-0.1, -0.05) is 12.8 Å². The number of ether oxygens (including phenoxy) is 1. The second kappa shape index (κ2) is 4.25. The molecule has 0 aromatic heterocycles. The van der Waals surface area contributed by atoms with Crippen LogP contribution in [0.15, 0.2) is 12.1 Å². The van der Waals surface area contributed by atoms with Crippen molar-refractivity contribution in [1.29, 1.82) is 0 Å². The summed E-state index contributed by atoms with van der Waals surface area (Å²) >= 11 is 0. The second-order valence-corrected chi connectivity index (χ2v) is 5.44. The predicted molar refractivity (Wildman–Crippen MR) is 70.9 cm³/mol. The maximum absolute atomic E-state index is 5.41. The first-order valence-corrected chi connectivity index (χ1v) is 6.72. The first-order valence-electron chi connectivity index (χ1n) is 6.72. The number of benzene rings is 1. The molecule has 2 nitrogen and oxygen atoms in total. The van der Waals surface area contributed by atoms with E-state index in [2.05, 4.69) is 24.4 Å². The lowest BCUT2D eigenvalue weighted by atomic mass is 9.72. The van der Waals surface area contributed by atoms with Crippen LogP contribution in [0, 0.1) is 12.8 Å². The first kappa shape index (κ1) is 10.9. The molecule has 1 saturated carbocycles. The Bertz CT molecular complexity index is 427. The SMILES string of the molecule is COc1cc(C)c2c(c1)C1CCCCC1CN2. The van der Waals surface area contributed by atoms with Crippen molar-refractivity contribution >= 4 is 5.69 Å². The quantitative estimate of drug-likeness (QED) is 0.795.